The lowest BCUT2D eigenvalue weighted by Gasteiger charge is -2.29. The minimum Gasteiger partial charge on any atom is -0.489 e. The van der Waals surface area contributed by atoms with Crippen molar-refractivity contribution >= 4 is 44.4 Å². The molecule has 0 amide bonds. The predicted molar refractivity (Wildman–Crippen MR) is 110 cm³/mol. The Balaban J connectivity index is 1.62. The second kappa shape index (κ2) is 9.11. The van der Waals surface area contributed by atoms with E-state index in [0.29, 0.717) is 35.3 Å². The molecule has 2 unspecified atom stereocenters. The van der Waals surface area contributed by atoms with Gasteiger partial charge < -0.3 is 9.84 Å². The Morgan fingerprint density at radius 3 is 2.78 bits per heavy atom. The van der Waals surface area contributed by atoms with Gasteiger partial charge in [-0.1, -0.05) is 29.3 Å². The van der Waals surface area contributed by atoms with Crippen LogP contribution < -0.4 is 4.74 Å². The van der Waals surface area contributed by atoms with Crippen LogP contribution in [0.2, 0.25) is 10.0 Å². The first kappa shape index (κ1) is 20.9. The average molecular weight is 450 g/mol. The fraction of sp³-hybridized carbons (Fsp3) is 0.444. The molecule has 0 radical (unpaired) electrons. The summed E-state index contributed by atoms with van der Waals surface area (Å²) < 4.78 is 29.4. The Morgan fingerprint density at radius 2 is 2.15 bits per heavy atom. The van der Waals surface area contributed by atoms with E-state index in [1.165, 1.54) is 0 Å². The molecule has 3 rings (SSSR count). The van der Waals surface area contributed by atoms with Crippen molar-refractivity contribution in [1.29, 1.82) is 0 Å². The van der Waals surface area contributed by atoms with Gasteiger partial charge in [0.2, 0.25) is 0 Å². The summed E-state index contributed by atoms with van der Waals surface area (Å²) >= 11 is 13.6. The molecule has 1 aliphatic heterocycles. The lowest BCUT2D eigenvalue weighted by Crippen LogP contribution is -2.42. The standard InChI is InChI=1S/C18H21Cl2NO4S2/c19-13-3-4-18(17(20)8-13)25-11-15(22)9-21(10-16-2-1-6-26-16)14-5-7-27(23,24)12-14/h1-4,6,8,14-15,22H,5,7,9-12H2. The normalized spacial score (nSPS) is 20.1. The quantitative estimate of drug-likeness (QED) is 0.667. The third-order valence-corrected chi connectivity index (χ3v) is 7.58. The Bertz CT molecular complexity index is 858. The highest BCUT2D eigenvalue weighted by Crippen LogP contribution is 2.28. The van der Waals surface area contributed by atoms with Crippen LogP contribution in [-0.4, -0.2) is 55.2 Å². The van der Waals surface area contributed by atoms with Crippen molar-refractivity contribution < 1.29 is 18.3 Å². The molecule has 1 aliphatic rings. The highest BCUT2D eigenvalue weighted by Gasteiger charge is 2.33. The minimum atomic E-state index is -3.00. The van der Waals surface area contributed by atoms with Crippen LogP contribution in [0.15, 0.2) is 35.7 Å². The van der Waals surface area contributed by atoms with Crippen molar-refractivity contribution in [1.82, 2.24) is 4.90 Å². The van der Waals surface area contributed by atoms with E-state index in [9.17, 15) is 13.5 Å². The fourth-order valence-electron chi connectivity index (χ4n) is 3.11. The van der Waals surface area contributed by atoms with Gasteiger partial charge in [-0.2, -0.15) is 0 Å². The number of aliphatic hydroxyl groups is 1. The van der Waals surface area contributed by atoms with E-state index in [1.54, 1.807) is 29.5 Å². The molecule has 2 heterocycles. The third-order valence-electron chi connectivity index (χ3n) is 4.43. The Hall–Kier alpha value is -0.830. The summed E-state index contributed by atoms with van der Waals surface area (Å²) in [6.45, 7) is 0.988. The van der Waals surface area contributed by atoms with Crippen molar-refractivity contribution in [3.8, 4) is 5.75 Å². The highest BCUT2D eigenvalue weighted by atomic mass is 35.5. The van der Waals surface area contributed by atoms with Crippen molar-refractivity contribution in [2.45, 2.75) is 25.1 Å². The van der Waals surface area contributed by atoms with E-state index < -0.39 is 15.9 Å². The number of ether oxygens (including phenoxy) is 1. The lowest BCUT2D eigenvalue weighted by atomic mass is 10.2. The number of benzene rings is 1. The molecule has 0 aliphatic carbocycles. The maximum atomic E-state index is 11.9. The number of halogens is 2. The number of nitrogens with zero attached hydrogens (tertiary/aromatic N) is 1. The molecule has 1 fully saturated rings. The summed E-state index contributed by atoms with van der Waals surface area (Å²) in [6.07, 6.45) is -0.190. The van der Waals surface area contributed by atoms with Crippen molar-refractivity contribution in [3.05, 3.63) is 50.6 Å². The zero-order chi connectivity index (χ0) is 19.4. The molecule has 27 heavy (non-hydrogen) atoms. The highest BCUT2D eigenvalue weighted by molar-refractivity contribution is 7.91. The topological polar surface area (TPSA) is 66.8 Å². The third kappa shape index (κ3) is 6.07. The van der Waals surface area contributed by atoms with Crippen LogP contribution in [0, 0.1) is 0 Å². The lowest BCUT2D eigenvalue weighted by molar-refractivity contribution is 0.0529. The van der Waals surface area contributed by atoms with E-state index in [4.69, 9.17) is 27.9 Å². The summed E-state index contributed by atoms with van der Waals surface area (Å²) in [5, 5.41) is 13.3. The van der Waals surface area contributed by atoms with Gasteiger partial charge in [0.1, 0.15) is 18.5 Å². The van der Waals surface area contributed by atoms with Crippen molar-refractivity contribution in [3.63, 3.8) is 0 Å². The first-order valence-electron chi connectivity index (χ1n) is 8.55. The first-order valence-corrected chi connectivity index (χ1v) is 12.0. The number of aliphatic hydroxyl groups excluding tert-OH is 1. The molecule has 0 bridgehead atoms. The van der Waals surface area contributed by atoms with Crippen LogP contribution in [0.5, 0.6) is 5.75 Å². The number of hydrogen-bond acceptors (Lipinski definition) is 6. The fourth-order valence-corrected chi connectivity index (χ4v) is 6.06. The number of hydrogen-bond donors (Lipinski definition) is 1. The van der Waals surface area contributed by atoms with E-state index >= 15 is 0 Å². The van der Waals surface area contributed by atoms with Gasteiger partial charge in [-0.05, 0) is 36.1 Å². The van der Waals surface area contributed by atoms with Gasteiger partial charge in [-0.3, -0.25) is 4.90 Å². The summed E-state index contributed by atoms with van der Waals surface area (Å²) in [7, 11) is -3.00. The molecule has 148 valence electrons. The second-order valence-electron chi connectivity index (χ2n) is 6.61. The zero-order valence-electron chi connectivity index (χ0n) is 14.6. The Labute approximate surface area is 173 Å². The summed E-state index contributed by atoms with van der Waals surface area (Å²) in [5.41, 5.74) is 0. The molecule has 2 atom stereocenters. The summed E-state index contributed by atoms with van der Waals surface area (Å²) in [4.78, 5) is 3.17. The molecular formula is C18H21Cl2NO4S2. The molecule has 1 aromatic carbocycles. The Morgan fingerprint density at radius 1 is 1.33 bits per heavy atom. The summed E-state index contributed by atoms with van der Waals surface area (Å²) in [6, 6.07) is 8.79. The molecule has 0 saturated carbocycles. The van der Waals surface area contributed by atoms with E-state index in [1.807, 2.05) is 22.4 Å². The first-order chi connectivity index (χ1) is 12.8. The smallest absolute Gasteiger partial charge is 0.151 e. The van der Waals surface area contributed by atoms with Gasteiger partial charge in [0, 0.05) is 29.0 Å². The average Bonchev–Trinajstić information content (AvgIpc) is 3.22. The van der Waals surface area contributed by atoms with Crippen LogP contribution in [0.25, 0.3) is 0 Å². The maximum Gasteiger partial charge on any atom is 0.151 e. The maximum absolute atomic E-state index is 11.9. The number of sulfone groups is 1. The van der Waals surface area contributed by atoms with Crippen molar-refractivity contribution in [2.75, 3.05) is 24.7 Å². The van der Waals surface area contributed by atoms with Crippen LogP contribution in [0.4, 0.5) is 0 Å². The zero-order valence-corrected chi connectivity index (χ0v) is 17.7. The van der Waals surface area contributed by atoms with Gasteiger partial charge in [0.25, 0.3) is 0 Å². The molecule has 0 spiro atoms. The van der Waals surface area contributed by atoms with Crippen LogP contribution in [0.3, 0.4) is 0 Å². The molecule has 1 saturated heterocycles. The van der Waals surface area contributed by atoms with Crippen LogP contribution in [0.1, 0.15) is 11.3 Å². The number of thiophene rings is 1. The second-order valence-corrected chi connectivity index (χ2v) is 10.7. The van der Waals surface area contributed by atoms with Gasteiger partial charge in [0.05, 0.1) is 16.5 Å². The molecule has 5 nitrogen and oxygen atoms in total. The summed E-state index contributed by atoms with van der Waals surface area (Å²) in [5.74, 6) is 0.786. The molecule has 1 N–H and O–H groups in total. The monoisotopic (exact) mass is 449 g/mol. The van der Waals surface area contributed by atoms with Gasteiger partial charge in [-0.25, -0.2) is 8.42 Å². The minimum absolute atomic E-state index is 0.0573. The van der Waals surface area contributed by atoms with Gasteiger partial charge in [-0.15, -0.1) is 11.3 Å². The Kier molecular flexibility index (Phi) is 7.05. The molecule has 9 heteroatoms. The molecular weight excluding hydrogens is 429 g/mol. The molecule has 2 aromatic rings. The van der Waals surface area contributed by atoms with Gasteiger partial charge in [0.15, 0.2) is 9.84 Å². The predicted octanol–water partition coefficient (Wildman–Crippen LogP) is 3.48. The van der Waals surface area contributed by atoms with Crippen molar-refractivity contribution in [2.24, 2.45) is 0 Å². The van der Waals surface area contributed by atoms with Gasteiger partial charge >= 0.3 is 0 Å². The number of rotatable bonds is 8. The van der Waals surface area contributed by atoms with Crippen LogP contribution in [-0.2, 0) is 16.4 Å². The van der Waals surface area contributed by atoms with Crippen LogP contribution >= 0.6 is 34.5 Å². The van der Waals surface area contributed by atoms with E-state index in [2.05, 4.69) is 0 Å². The van der Waals surface area contributed by atoms with E-state index in [0.717, 1.165) is 4.88 Å². The van der Waals surface area contributed by atoms with E-state index in [-0.39, 0.29) is 24.2 Å². The largest absolute Gasteiger partial charge is 0.489 e. The SMILES string of the molecule is O=S1(=O)CCC(N(Cc2cccs2)CC(O)COc2ccc(Cl)cc2Cl)C1. The molecule has 1 aromatic heterocycles.